The van der Waals surface area contributed by atoms with Crippen LogP contribution in [0.1, 0.15) is 49.1 Å². The minimum Gasteiger partial charge on any atom is -0.207 e. The van der Waals surface area contributed by atoms with Gasteiger partial charge in [-0.25, -0.2) is 4.39 Å². The van der Waals surface area contributed by atoms with Gasteiger partial charge in [0, 0.05) is 0 Å². The number of alkyl halides is 1. The molecule has 0 nitrogen and oxygen atoms in total. The van der Waals surface area contributed by atoms with Gasteiger partial charge in [-0.3, -0.25) is 0 Å². The van der Waals surface area contributed by atoms with Crippen molar-refractivity contribution in [2.24, 2.45) is 0 Å². The Morgan fingerprint density at radius 3 is 2.67 bits per heavy atom. The van der Waals surface area contributed by atoms with Gasteiger partial charge in [0.15, 0.2) is 0 Å². The van der Waals surface area contributed by atoms with E-state index in [4.69, 9.17) is 11.6 Å². The highest BCUT2D eigenvalue weighted by Crippen LogP contribution is 2.27. The molecule has 1 aromatic carbocycles. The summed E-state index contributed by atoms with van der Waals surface area (Å²) >= 11 is 6.24. The topological polar surface area (TPSA) is 0 Å². The fourth-order valence-corrected chi connectivity index (χ4v) is 1.89. The van der Waals surface area contributed by atoms with E-state index >= 15 is 0 Å². The van der Waals surface area contributed by atoms with Crippen LogP contribution < -0.4 is 0 Å². The summed E-state index contributed by atoms with van der Waals surface area (Å²) in [4.78, 5) is 0. The summed E-state index contributed by atoms with van der Waals surface area (Å²) < 4.78 is 13.0. The number of hydrogen-bond acceptors (Lipinski definition) is 0. The van der Waals surface area contributed by atoms with Crippen molar-refractivity contribution >= 4 is 11.6 Å². The van der Waals surface area contributed by atoms with Crippen molar-refractivity contribution < 1.29 is 4.39 Å². The van der Waals surface area contributed by atoms with E-state index in [1.807, 2.05) is 6.07 Å². The number of halogens is 2. The molecule has 0 amide bonds. The molecule has 1 rings (SSSR count). The maximum atomic E-state index is 13.0. The maximum Gasteiger partial charge on any atom is 0.126 e. The monoisotopic (exact) mass is 228 g/mol. The van der Waals surface area contributed by atoms with Crippen molar-refractivity contribution in [1.29, 1.82) is 0 Å². The highest BCUT2D eigenvalue weighted by Gasteiger charge is 2.08. The molecule has 0 heterocycles. The number of unbranched alkanes of at least 4 members (excludes halogenated alkanes) is 2. The smallest absolute Gasteiger partial charge is 0.126 e. The quantitative estimate of drug-likeness (QED) is 0.492. The first-order chi connectivity index (χ1) is 7.15. The van der Waals surface area contributed by atoms with Crippen molar-refractivity contribution in [3.05, 3.63) is 35.1 Å². The minimum absolute atomic E-state index is 0.0239. The van der Waals surface area contributed by atoms with E-state index in [1.165, 1.54) is 18.9 Å². The van der Waals surface area contributed by atoms with Crippen LogP contribution in [-0.4, -0.2) is 0 Å². The van der Waals surface area contributed by atoms with Gasteiger partial charge in [-0.05, 0) is 30.5 Å². The molecule has 0 aliphatic heterocycles. The third kappa shape index (κ3) is 3.83. The molecule has 0 spiro atoms. The first-order valence-corrected chi connectivity index (χ1v) is 5.99. The summed E-state index contributed by atoms with van der Waals surface area (Å²) in [6, 6.07) is 5.13. The zero-order valence-electron chi connectivity index (χ0n) is 9.39. The second-order valence-corrected chi connectivity index (χ2v) is 4.50. The third-order valence-electron chi connectivity index (χ3n) is 2.60. The fourth-order valence-electron chi connectivity index (χ4n) is 1.60. The molecule has 1 aromatic rings. The molecule has 0 aromatic heterocycles. The van der Waals surface area contributed by atoms with Crippen molar-refractivity contribution in [2.45, 2.75) is 44.9 Å². The van der Waals surface area contributed by atoms with Gasteiger partial charge in [0.05, 0.1) is 5.38 Å². The highest BCUT2D eigenvalue weighted by molar-refractivity contribution is 6.20. The zero-order chi connectivity index (χ0) is 11.3. The summed E-state index contributed by atoms with van der Waals surface area (Å²) in [5, 5.41) is 0.0239. The van der Waals surface area contributed by atoms with E-state index in [2.05, 4.69) is 6.92 Å². The molecule has 0 radical (unpaired) electrons. The summed E-state index contributed by atoms with van der Waals surface area (Å²) in [5.74, 6) is -0.156. The highest BCUT2D eigenvalue weighted by atomic mass is 35.5. The van der Waals surface area contributed by atoms with Crippen molar-refractivity contribution in [3.8, 4) is 0 Å². The number of aryl methyl sites for hydroxylation is 1. The van der Waals surface area contributed by atoms with Crippen LogP contribution in [0.4, 0.5) is 4.39 Å². The van der Waals surface area contributed by atoms with Crippen LogP contribution in [-0.2, 0) is 0 Å². The van der Waals surface area contributed by atoms with Crippen molar-refractivity contribution in [2.75, 3.05) is 0 Å². The second-order valence-electron chi connectivity index (χ2n) is 3.97. The molecule has 0 saturated heterocycles. The standard InChI is InChI=1S/C13H18ClF/c1-3-4-5-6-12(14)11-7-8-13(15)10(2)9-11/h7-9,12H,3-6H2,1-2H3. The zero-order valence-corrected chi connectivity index (χ0v) is 10.1. The Balaban J connectivity index is 2.57. The lowest BCUT2D eigenvalue weighted by Crippen LogP contribution is -1.93. The SMILES string of the molecule is CCCCCC(Cl)c1ccc(F)c(C)c1. The van der Waals surface area contributed by atoms with Crippen molar-refractivity contribution in [3.63, 3.8) is 0 Å². The summed E-state index contributed by atoms with van der Waals surface area (Å²) in [6.45, 7) is 3.94. The van der Waals surface area contributed by atoms with E-state index in [0.29, 0.717) is 5.56 Å². The maximum absolute atomic E-state index is 13.0. The summed E-state index contributed by atoms with van der Waals surface area (Å²) in [6.07, 6.45) is 4.52. The molecule has 0 fully saturated rings. The predicted octanol–water partition coefficient (Wildman–Crippen LogP) is 4.99. The largest absolute Gasteiger partial charge is 0.207 e. The number of rotatable bonds is 5. The van der Waals surface area contributed by atoms with Crippen LogP contribution in [0.2, 0.25) is 0 Å². The first kappa shape index (κ1) is 12.5. The number of hydrogen-bond donors (Lipinski definition) is 0. The lowest BCUT2D eigenvalue weighted by molar-refractivity contribution is 0.615. The molecule has 1 unspecified atom stereocenters. The molecule has 0 bridgehead atoms. The third-order valence-corrected chi connectivity index (χ3v) is 3.08. The Labute approximate surface area is 96.5 Å². The van der Waals surface area contributed by atoms with E-state index in [-0.39, 0.29) is 11.2 Å². The number of benzene rings is 1. The van der Waals surface area contributed by atoms with Crippen molar-refractivity contribution in [1.82, 2.24) is 0 Å². The van der Waals surface area contributed by atoms with Gasteiger partial charge < -0.3 is 0 Å². The first-order valence-electron chi connectivity index (χ1n) is 5.55. The van der Waals surface area contributed by atoms with E-state index in [9.17, 15) is 4.39 Å². The van der Waals surface area contributed by atoms with Gasteiger partial charge in [0.1, 0.15) is 5.82 Å². The second kappa shape index (κ2) is 6.12. The van der Waals surface area contributed by atoms with Gasteiger partial charge in [-0.1, -0.05) is 38.3 Å². The molecular formula is C13H18ClF. The molecule has 0 N–H and O–H groups in total. The average Bonchev–Trinajstić information content (AvgIpc) is 2.22. The molecule has 0 aliphatic carbocycles. The molecular weight excluding hydrogens is 211 g/mol. The lowest BCUT2D eigenvalue weighted by atomic mass is 10.0. The van der Waals surface area contributed by atoms with E-state index < -0.39 is 0 Å². The average molecular weight is 229 g/mol. The molecule has 15 heavy (non-hydrogen) atoms. The van der Waals surface area contributed by atoms with Gasteiger partial charge in [0.25, 0.3) is 0 Å². The normalized spacial score (nSPS) is 12.8. The molecule has 1 atom stereocenters. The lowest BCUT2D eigenvalue weighted by Gasteiger charge is -2.10. The van der Waals surface area contributed by atoms with E-state index in [1.54, 1.807) is 13.0 Å². The van der Waals surface area contributed by atoms with Crippen LogP contribution in [0, 0.1) is 12.7 Å². The van der Waals surface area contributed by atoms with Crippen LogP contribution in [0.5, 0.6) is 0 Å². The molecule has 0 aliphatic rings. The fraction of sp³-hybridized carbons (Fsp3) is 0.538. The van der Waals surface area contributed by atoms with Gasteiger partial charge in [-0.2, -0.15) is 0 Å². The Bertz CT molecular complexity index is 309. The van der Waals surface area contributed by atoms with Gasteiger partial charge in [-0.15, -0.1) is 11.6 Å². The molecule has 84 valence electrons. The van der Waals surface area contributed by atoms with Crippen LogP contribution in [0.15, 0.2) is 18.2 Å². The predicted molar refractivity (Wildman–Crippen MR) is 63.9 cm³/mol. The van der Waals surface area contributed by atoms with Crippen LogP contribution in [0.3, 0.4) is 0 Å². The van der Waals surface area contributed by atoms with E-state index in [0.717, 1.165) is 18.4 Å². The molecule has 2 heteroatoms. The summed E-state index contributed by atoms with van der Waals surface area (Å²) in [5.41, 5.74) is 1.71. The Morgan fingerprint density at radius 2 is 2.07 bits per heavy atom. The van der Waals surface area contributed by atoms with Gasteiger partial charge >= 0.3 is 0 Å². The Hall–Kier alpha value is -0.560. The Morgan fingerprint density at radius 1 is 1.33 bits per heavy atom. The van der Waals surface area contributed by atoms with Gasteiger partial charge in [0.2, 0.25) is 0 Å². The minimum atomic E-state index is -0.156. The molecule has 0 saturated carbocycles. The van der Waals surface area contributed by atoms with Crippen LogP contribution >= 0.6 is 11.6 Å². The Kier molecular flexibility index (Phi) is 5.10. The summed E-state index contributed by atoms with van der Waals surface area (Å²) in [7, 11) is 0. The van der Waals surface area contributed by atoms with Crippen LogP contribution in [0.25, 0.3) is 0 Å².